The average Bonchev–Trinajstić information content (AvgIpc) is 2.77. The maximum absolute atomic E-state index is 8.89. The summed E-state index contributed by atoms with van der Waals surface area (Å²) in [6.07, 6.45) is 0. The molecular weight excluding hydrogens is 206 g/mol. The van der Waals surface area contributed by atoms with Gasteiger partial charge in [-0.15, -0.1) is 15.0 Å². The first kappa shape index (κ1) is 10.6. The van der Waals surface area contributed by atoms with Gasteiger partial charge in [0.15, 0.2) is 0 Å². The first-order valence-electron chi connectivity index (χ1n) is 4.89. The Bertz CT molecular complexity index is 480. The zero-order chi connectivity index (χ0) is 11.5. The largest absolute Gasteiger partial charge is 0.388 e. The molecule has 1 aromatic carbocycles. The second-order valence-electron chi connectivity index (χ2n) is 3.54. The van der Waals surface area contributed by atoms with E-state index in [9.17, 15) is 0 Å². The van der Waals surface area contributed by atoms with Gasteiger partial charge in [-0.1, -0.05) is 12.1 Å². The number of hydrogen-bond acceptors (Lipinski definition) is 5. The lowest BCUT2D eigenvalue weighted by Crippen LogP contribution is -2.13. The summed E-state index contributed by atoms with van der Waals surface area (Å²) in [6, 6.07) is 7.72. The van der Waals surface area contributed by atoms with E-state index in [-0.39, 0.29) is 6.61 Å². The van der Waals surface area contributed by atoms with E-state index in [0.717, 1.165) is 11.4 Å². The number of para-hydroxylation sites is 2. The molecule has 1 aromatic heterocycles. The van der Waals surface area contributed by atoms with Crippen LogP contribution in [0.25, 0.3) is 5.69 Å². The zero-order valence-electron chi connectivity index (χ0n) is 9.20. The first-order chi connectivity index (χ1) is 7.72. The Morgan fingerprint density at radius 3 is 2.69 bits per heavy atom. The highest BCUT2D eigenvalue weighted by Gasteiger charge is 2.09. The van der Waals surface area contributed by atoms with Crippen molar-refractivity contribution in [2.45, 2.75) is 6.61 Å². The number of aliphatic hydroxyl groups excluding tert-OH is 1. The molecule has 0 bridgehead atoms. The summed E-state index contributed by atoms with van der Waals surface area (Å²) in [6.45, 7) is -0.204. The minimum atomic E-state index is -0.204. The van der Waals surface area contributed by atoms with Crippen molar-refractivity contribution in [1.29, 1.82) is 0 Å². The summed E-state index contributed by atoms with van der Waals surface area (Å²) in [5, 5.41) is 20.6. The highest BCUT2D eigenvalue weighted by molar-refractivity contribution is 5.60. The van der Waals surface area contributed by atoms with Gasteiger partial charge in [0.2, 0.25) is 5.82 Å². The Morgan fingerprint density at radius 2 is 2.06 bits per heavy atom. The van der Waals surface area contributed by atoms with Gasteiger partial charge >= 0.3 is 0 Å². The summed E-state index contributed by atoms with van der Waals surface area (Å²) in [4.78, 5) is 3.39. The van der Waals surface area contributed by atoms with E-state index in [1.54, 1.807) is 0 Å². The van der Waals surface area contributed by atoms with Crippen molar-refractivity contribution in [3.8, 4) is 5.69 Å². The number of benzene rings is 1. The zero-order valence-corrected chi connectivity index (χ0v) is 9.20. The molecule has 84 valence electrons. The van der Waals surface area contributed by atoms with Crippen molar-refractivity contribution in [1.82, 2.24) is 20.2 Å². The Hall–Kier alpha value is -1.95. The number of aliphatic hydroxyl groups is 1. The molecule has 6 heteroatoms. The van der Waals surface area contributed by atoms with E-state index in [1.807, 2.05) is 43.3 Å². The Labute approximate surface area is 93.1 Å². The van der Waals surface area contributed by atoms with E-state index in [2.05, 4.69) is 15.4 Å². The molecule has 0 spiro atoms. The van der Waals surface area contributed by atoms with E-state index < -0.39 is 0 Å². The third-order valence-corrected chi connectivity index (χ3v) is 2.18. The van der Waals surface area contributed by atoms with Gasteiger partial charge in [-0.2, -0.15) is 0 Å². The summed E-state index contributed by atoms with van der Waals surface area (Å²) >= 11 is 0. The van der Waals surface area contributed by atoms with E-state index >= 15 is 0 Å². The van der Waals surface area contributed by atoms with Gasteiger partial charge in [0.1, 0.15) is 12.3 Å². The topological polar surface area (TPSA) is 67.1 Å². The Kier molecular flexibility index (Phi) is 2.82. The van der Waals surface area contributed by atoms with Crippen molar-refractivity contribution in [2.75, 3.05) is 19.0 Å². The van der Waals surface area contributed by atoms with E-state index in [4.69, 9.17) is 5.11 Å². The summed E-state index contributed by atoms with van der Waals surface area (Å²) < 4.78 is 0. The smallest absolute Gasteiger partial charge is 0.200 e. The highest BCUT2D eigenvalue weighted by Crippen LogP contribution is 2.20. The van der Waals surface area contributed by atoms with Crippen LogP contribution in [0.15, 0.2) is 24.3 Å². The monoisotopic (exact) mass is 219 g/mol. The fraction of sp³-hybridized carbons (Fsp3) is 0.300. The third-order valence-electron chi connectivity index (χ3n) is 2.18. The molecule has 0 aliphatic rings. The van der Waals surface area contributed by atoms with Crippen LogP contribution in [0.2, 0.25) is 0 Å². The molecule has 16 heavy (non-hydrogen) atoms. The predicted molar refractivity (Wildman–Crippen MR) is 59.4 cm³/mol. The van der Waals surface area contributed by atoms with Crippen LogP contribution in [0, 0.1) is 0 Å². The molecular formula is C10H13N5O. The molecule has 0 saturated carbocycles. The number of hydrogen-bond donors (Lipinski definition) is 1. The molecule has 0 unspecified atom stereocenters. The third kappa shape index (κ3) is 1.87. The van der Waals surface area contributed by atoms with Gasteiger partial charge in [0.25, 0.3) is 0 Å². The fourth-order valence-corrected chi connectivity index (χ4v) is 1.42. The minimum Gasteiger partial charge on any atom is -0.388 e. The fourth-order valence-electron chi connectivity index (χ4n) is 1.42. The van der Waals surface area contributed by atoms with Crippen LogP contribution in [0.1, 0.15) is 5.82 Å². The Morgan fingerprint density at radius 1 is 1.31 bits per heavy atom. The van der Waals surface area contributed by atoms with Gasteiger partial charge in [-0.25, -0.2) is 0 Å². The molecule has 0 fully saturated rings. The molecule has 0 radical (unpaired) electrons. The van der Waals surface area contributed by atoms with Crippen LogP contribution in [0.5, 0.6) is 0 Å². The van der Waals surface area contributed by atoms with Crippen molar-refractivity contribution >= 4 is 5.69 Å². The number of nitrogens with zero attached hydrogens (tertiary/aromatic N) is 5. The molecule has 2 rings (SSSR count). The highest BCUT2D eigenvalue weighted by atomic mass is 16.3. The number of tetrazole rings is 1. The second kappa shape index (κ2) is 4.28. The average molecular weight is 219 g/mol. The summed E-state index contributed by atoms with van der Waals surface area (Å²) in [5.74, 6) is 0.313. The van der Waals surface area contributed by atoms with Crippen LogP contribution in [-0.4, -0.2) is 39.4 Å². The molecule has 2 aromatic rings. The van der Waals surface area contributed by atoms with Crippen LogP contribution < -0.4 is 4.90 Å². The SMILES string of the molecule is CN(C)c1ccccc1-n1nnc(CO)n1. The van der Waals surface area contributed by atoms with Gasteiger partial charge in [0.05, 0.1) is 5.69 Å². The molecule has 0 aliphatic heterocycles. The molecule has 0 atom stereocenters. The normalized spacial score (nSPS) is 10.4. The number of anilines is 1. The molecule has 1 heterocycles. The van der Waals surface area contributed by atoms with Crippen molar-refractivity contribution in [3.05, 3.63) is 30.1 Å². The lowest BCUT2D eigenvalue weighted by molar-refractivity contribution is 0.271. The van der Waals surface area contributed by atoms with Crippen LogP contribution in [-0.2, 0) is 6.61 Å². The molecule has 1 N–H and O–H groups in total. The van der Waals surface area contributed by atoms with E-state index in [1.165, 1.54) is 4.80 Å². The summed E-state index contributed by atoms with van der Waals surface area (Å²) in [7, 11) is 3.89. The molecule has 6 nitrogen and oxygen atoms in total. The van der Waals surface area contributed by atoms with Gasteiger partial charge in [-0.3, -0.25) is 0 Å². The minimum absolute atomic E-state index is 0.204. The maximum atomic E-state index is 8.89. The Balaban J connectivity index is 2.46. The summed E-state index contributed by atoms with van der Waals surface area (Å²) in [5.41, 5.74) is 1.82. The van der Waals surface area contributed by atoms with Crippen LogP contribution in [0.4, 0.5) is 5.69 Å². The molecule has 0 amide bonds. The molecule has 0 saturated heterocycles. The van der Waals surface area contributed by atoms with Crippen LogP contribution in [0.3, 0.4) is 0 Å². The number of aromatic nitrogens is 4. The van der Waals surface area contributed by atoms with Gasteiger partial charge in [0, 0.05) is 14.1 Å². The predicted octanol–water partition coefficient (Wildman–Crippen LogP) is 0.221. The van der Waals surface area contributed by atoms with Crippen molar-refractivity contribution in [2.24, 2.45) is 0 Å². The van der Waals surface area contributed by atoms with Crippen molar-refractivity contribution < 1.29 is 5.11 Å². The van der Waals surface area contributed by atoms with Gasteiger partial charge < -0.3 is 10.0 Å². The first-order valence-corrected chi connectivity index (χ1v) is 4.89. The number of rotatable bonds is 3. The van der Waals surface area contributed by atoms with Crippen molar-refractivity contribution in [3.63, 3.8) is 0 Å². The second-order valence-corrected chi connectivity index (χ2v) is 3.54. The van der Waals surface area contributed by atoms with Gasteiger partial charge in [-0.05, 0) is 17.3 Å². The lowest BCUT2D eigenvalue weighted by atomic mass is 10.2. The standard InChI is InChI=1S/C10H13N5O/c1-14(2)8-5-3-4-6-9(8)15-12-10(7-16)11-13-15/h3-6,16H,7H2,1-2H3. The lowest BCUT2D eigenvalue weighted by Gasteiger charge is -2.15. The quantitative estimate of drug-likeness (QED) is 0.800. The van der Waals surface area contributed by atoms with E-state index in [0.29, 0.717) is 5.82 Å². The van der Waals surface area contributed by atoms with Crippen LogP contribution >= 0.6 is 0 Å². The maximum Gasteiger partial charge on any atom is 0.200 e. The molecule has 0 aliphatic carbocycles.